The number of nitrogens with one attached hydrogen (secondary N) is 2. The van der Waals surface area contributed by atoms with Gasteiger partial charge in [0.25, 0.3) is 5.91 Å². The molecule has 0 aliphatic heterocycles. The first-order valence-corrected chi connectivity index (χ1v) is 3.90. The minimum absolute atomic E-state index is 0.171. The summed E-state index contributed by atoms with van der Waals surface area (Å²) in [4.78, 5) is 11.2. The molecule has 1 aromatic rings. The lowest BCUT2D eigenvalue weighted by atomic mass is 10.2. The summed E-state index contributed by atoms with van der Waals surface area (Å²) in [6.07, 6.45) is 2.94. The van der Waals surface area contributed by atoms with E-state index in [0.29, 0.717) is 12.1 Å². The molecule has 1 heterocycles. The summed E-state index contributed by atoms with van der Waals surface area (Å²) in [6.45, 7) is 2.11. The number of nitrogens with zero attached hydrogens (tertiary/aromatic N) is 2. The second-order valence-electron chi connectivity index (χ2n) is 2.73. The second kappa shape index (κ2) is 4.26. The molecule has 13 heavy (non-hydrogen) atoms. The molecule has 0 bridgehead atoms. The highest BCUT2D eigenvalue weighted by Gasteiger charge is 2.07. The number of hydrogen-bond donors (Lipinski definition) is 2. The van der Waals surface area contributed by atoms with Crippen LogP contribution < -0.4 is 5.32 Å². The maximum absolute atomic E-state index is 11.2. The minimum Gasteiger partial charge on any atom is -0.351 e. The highest BCUT2D eigenvalue weighted by molar-refractivity contribution is 5.93. The van der Waals surface area contributed by atoms with E-state index in [2.05, 4.69) is 15.5 Å². The molecule has 5 heteroatoms. The maximum Gasteiger partial charge on any atom is 0.254 e. The molecule has 0 spiro atoms. The van der Waals surface area contributed by atoms with Crippen LogP contribution in [0.2, 0.25) is 0 Å². The van der Waals surface area contributed by atoms with E-state index >= 15 is 0 Å². The van der Waals surface area contributed by atoms with Gasteiger partial charge in [0.05, 0.1) is 23.7 Å². The van der Waals surface area contributed by atoms with Crippen molar-refractivity contribution in [3.8, 4) is 6.07 Å². The SMILES string of the molecule is CC(C#N)CNC(=O)c1cn[nH]c1. The summed E-state index contributed by atoms with van der Waals surface area (Å²) in [5.41, 5.74) is 0.477. The van der Waals surface area contributed by atoms with Crippen LogP contribution in [0.4, 0.5) is 0 Å². The van der Waals surface area contributed by atoms with Gasteiger partial charge < -0.3 is 5.32 Å². The van der Waals surface area contributed by atoms with Crippen molar-refractivity contribution in [2.45, 2.75) is 6.92 Å². The Morgan fingerprint density at radius 2 is 2.69 bits per heavy atom. The van der Waals surface area contributed by atoms with Crippen molar-refractivity contribution < 1.29 is 4.79 Å². The number of rotatable bonds is 3. The van der Waals surface area contributed by atoms with Crippen molar-refractivity contribution in [1.29, 1.82) is 5.26 Å². The standard InChI is InChI=1S/C8H10N4O/c1-6(2-9)3-10-8(13)7-4-11-12-5-7/h4-6H,3H2,1H3,(H,10,13)(H,11,12). The first-order chi connectivity index (χ1) is 6.24. The number of aromatic amines is 1. The molecule has 1 amide bonds. The molecule has 1 aromatic heterocycles. The van der Waals surface area contributed by atoms with Crippen LogP contribution in [-0.4, -0.2) is 22.6 Å². The van der Waals surface area contributed by atoms with Crippen LogP contribution in [-0.2, 0) is 0 Å². The number of carbonyl (C=O) groups is 1. The van der Waals surface area contributed by atoms with E-state index < -0.39 is 0 Å². The summed E-state index contributed by atoms with van der Waals surface area (Å²) in [7, 11) is 0. The molecule has 0 fully saturated rings. The third-order valence-electron chi connectivity index (χ3n) is 1.55. The second-order valence-corrected chi connectivity index (χ2v) is 2.73. The van der Waals surface area contributed by atoms with Crippen LogP contribution in [0.25, 0.3) is 0 Å². The van der Waals surface area contributed by atoms with Crippen LogP contribution in [0.5, 0.6) is 0 Å². The summed E-state index contributed by atoms with van der Waals surface area (Å²) in [5.74, 6) is -0.383. The maximum atomic E-state index is 11.2. The molecule has 1 unspecified atom stereocenters. The van der Waals surface area contributed by atoms with Gasteiger partial charge in [0.2, 0.25) is 0 Å². The zero-order chi connectivity index (χ0) is 9.68. The van der Waals surface area contributed by atoms with Crippen molar-refractivity contribution in [3.05, 3.63) is 18.0 Å². The van der Waals surface area contributed by atoms with E-state index in [-0.39, 0.29) is 11.8 Å². The van der Waals surface area contributed by atoms with Gasteiger partial charge in [-0.25, -0.2) is 0 Å². The Bertz CT molecular complexity index is 311. The molecule has 0 saturated carbocycles. The van der Waals surface area contributed by atoms with Gasteiger partial charge in [0.15, 0.2) is 0 Å². The highest BCUT2D eigenvalue weighted by Crippen LogP contribution is 1.94. The summed E-state index contributed by atoms with van der Waals surface area (Å²) in [5, 5.41) is 17.2. The van der Waals surface area contributed by atoms with Gasteiger partial charge in [-0.15, -0.1) is 0 Å². The lowest BCUT2D eigenvalue weighted by Gasteiger charge is -2.03. The number of H-pyrrole nitrogens is 1. The Balaban J connectivity index is 2.40. The Hall–Kier alpha value is -1.83. The van der Waals surface area contributed by atoms with Crippen molar-refractivity contribution in [2.24, 2.45) is 5.92 Å². The third kappa shape index (κ3) is 2.60. The fraction of sp³-hybridized carbons (Fsp3) is 0.375. The highest BCUT2D eigenvalue weighted by atomic mass is 16.1. The lowest BCUT2D eigenvalue weighted by molar-refractivity contribution is 0.0951. The van der Waals surface area contributed by atoms with E-state index in [9.17, 15) is 4.79 Å². The van der Waals surface area contributed by atoms with E-state index in [1.54, 1.807) is 6.92 Å². The van der Waals surface area contributed by atoms with Gasteiger partial charge in [-0.2, -0.15) is 10.4 Å². The van der Waals surface area contributed by atoms with E-state index in [1.807, 2.05) is 6.07 Å². The molecular formula is C8H10N4O. The average Bonchev–Trinajstić information content (AvgIpc) is 2.66. The lowest BCUT2D eigenvalue weighted by Crippen LogP contribution is -2.27. The fourth-order valence-electron chi connectivity index (χ4n) is 0.769. The van der Waals surface area contributed by atoms with Crippen LogP contribution in [0.15, 0.2) is 12.4 Å². The molecule has 0 saturated heterocycles. The van der Waals surface area contributed by atoms with Crippen molar-refractivity contribution in [3.63, 3.8) is 0 Å². The van der Waals surface area contributed by atoms with Gasteiger partial charge in [0.1, 0.15) is 0 Å². The molecule has 5 nitrogen and oxygen atoms in total. The van der Waals surface area contributed by atoms with E-state index in [0.717, 1.165) is 0 Å². The predicted octanol–water partition coefficient (Wildman–Crippen LogP) is 0.299. The van der Waals surface area contributed by atoms with Crippen LogP contribution >= 0.6 is 0 Å². The molecule has 1 atom stereocenters. The molecule has 0 aromatic carbocycles. The molecule has 0 aliphatic rings. The zero-order valence-electron chi connectivity index (χ0n) is 7.24. The smallest absolute Gasteiger partial charge is 0.254 e. The molecule has 68 valence electrons. The van der Waals surface area contributed by atoms with E-state index in [1.165, 1.54) is 12.4 Å². The van der Waals surface area contributed by atoms with Crippen LogP contribution in [0.3, 0.4) is 0 Å². The molecular weight excluding hydrogens is 168 g/mol. The Morgan fingerprint density at radius 3 is 3.23 bits per heavy atom. The predicted molar refractivity (Wildman–Crippen MR) is 45.7 cm³/mol. The first kappa shape index (κ1) is 9.26. The Kier molecular flexibility index (Phi) is 3.03. The van der Waals surface area contributed by atoms with Crippen LogP contribution in [0, 0.1) is 17.2 Å². The molecule has 1 rings (SSSR count). The van der Waals surface area contributed by atoms with Gasteiger partial charge in [0, 0.05) is 12.7 Å². The molecule has 2 N–H and O–H groups in total. The normalized spacial score (nSPS) is 11.7. The Labute approximate surface area is 75.8 Å². The average molecular weight is 178 g/mol. The fourth-order valence-corrected chi connectivity index (χ4v) is 0.769. The monoisotopic (exact) mass is 178 g/mol. The molecule has 0 radical (unpaired) electrons. The Morgan fingerprint density at radius 1 is 1.92 bits per heavy atom. The number of aromatic nitrogens is 2. The van der Waals surface area contributed by atoms with Gasteiger partial charge in [-0.1, -0.05) is 0 Å². The topological polar surface area (TPSA) is 81.6 Å². The van der Waals surface area contributed by atoms with Gasteiger partial charge >= 0.3 is 0 Å². The van der Waals surface area contributed by atoms with Gasteiger partial charge in [-0.05, 0) is 6.92 Å². The summed E-state index contributed by atoms with van der Waals surface area (Å²) < 4.78 is 0. The van der Waals surface area contributed by atoms with Crippen molar-refractivity contribution >= 4 is 5.91 Å². The summed E-state index contributed by atoms with van der Waals surface area (Å²) in [6, 6.07) is 2.03. The first-order valence-electron chi connectivity index (χ1n) is 3.90. The van der Waals surface area contributed by atoms with Crippen molar-refractivity contribution in [1.82, 2.24) is 15.5 Å². The quantitative estimate of drug-likeness (QED) is 0.698. The number of hydrogen-bond acceptors (Lipinski definition) is 3. The minimum atomic E-state index is -0.212. The molecule has 0 aliphatic carbocycles. The zero-order valence-corrected chi connectivity index (χ0v) is 7.24. The largest absolute Gasteiger partial charge is 0.351 e. The number of nitriles is 1. The number of carbonyl (C=O) groups excluding carboxylic acids is 1. The summed E-state index contributed by atoms with van der Waals surface area (Å²) >= 11 is 0. The number of amides is 1. The van der Waals surface area contributed by atoms with Crippen LogP contribution in [0.1, 0.15) is 17.3 Å². The van der Waals surface area contributed by atoms with Gasteiger partial charge in [-0.3, -0.25) is 9.89 Å². The van der Waals surface area contributed by atoms with Crippen molar-refractivity contribution in [2.75, 3.05) is 6.54 Å². The third-order valence-corrected chi connectivity index (χ3v) is 1.55. The van der Waals surface area contributed by atoms with E-state index in [4.69, 9.17) is 5.26 Å².